The van der Waals surface area contributed by atoms with Crippen LogP contribution in [0.4, 0.5) is 0 Å². The van der Waals surface area contributed by atoms with Gasteiger partial charge in [-0.1, -0.05) is 94.4 Å². The topological polar surface area (TPSA) is 54.0 Å². The van der Waals surface area contributed by atoms with Crippen molar-refractivity contribution >= 4 is 46.4 Å². The standard InChI is InChI=1S/C38H44N4.Ni/c1-5-9-11-13-17-29-35-23-19-31(39-35)27(15-7-3)33-21-25-37(41-33)30(18-14-12-10-6-2)38-26-22-34(42-38)28(16-8-4)32-20-24-36(29)40-32;/h7-8,19-26H,3-6,9-18H2,1-2H3;/q-2;+2. The minimum absolute atomic E-state index is 0. The van der Waals surface area contributed by atoms with Gasteiger partial charge in [-0.15, -0.1) is 35.2 Å². The van der Waals surface area contributed by atoms with E-state index in [1.54, 1.807) is 0 Å². The molecule has 43 heavy (non-hydrogen) atoms. The summed E-state index contributed by atoms with van der Waals surface area (Å²) in [5.41, 5.74) is 12.5. The molecule has 5 heterocycles. The van der Waals surface area contributed by atoms with E-state index in [0.29, 0.717) is 12.8 Å². The van der Waals surface area contributed by atoms with Gasteiger partial charge in [0.2, 0.25) is 0 Å². The Morgan fingerprint density at radius 2 is 0.907 bits per heavy atom. The van der Waals surface area contributed by atoms with Crippen LogP contribution in [0.5, 0.6) is 0 Å². The Kier molecular flexibility index (Phi) is 12.0. The Balaban J connectivity index is 0.00000423. The van der Waals surface area contributed by atoms with E-state index in [0.717, 1.165) is 81.7 Å². The summed E-state index contributed by atoms with van der Waals surface area (Å²) in [5, 5.41) is 0. The number of hydrogen-bond acceptors (Lipinski definition) is 2. The quantitative estimate of drug-likeness (QED) is 0.0709. The van der Waals surface area contributed by atoms with Crippen molar-refractivity contribution in [2.24, 2.45) is 0 Å². The molecular weight excluding hydrogens is 571 g/mol. The number of fused-ring (bicyclic) bond motifs is 8. The number of hydrogen-bond donors (Lipinski definition) is 0. The van der Waals surface area contributed by atoms with Crippen molar-refractivity contribution in [1.29, 1.82) is 0 Å². The van der Waals surface area contributed by atoms with E-state index in [-0.39, 0.29) is 16.5 Å². The van der Waals surface area contributed by atoms with Crippen LogP contribution in [0.25, 0.3) is 46.4 Å². The van der Waals surface area contributed by atoms with Crippen molar-refractivity contribution in [3.63, 3.8) is 0 Å². The summed E-state index contributed by atoms with van der Waals surface area (Å²) in [4.78, 5) is 20.8. The van der Waals surface area contributed by atoms with Crippen molar-refractivity contribution in [2.45, 2.75) is 90.9 Å². The smallest absolute Gasteiger partial charge is 0.657 e. The first-order valence-corrected chi connectivity index (χ1v) is 15.9. The molecule has 0 unspecified atom stereocenters. The second-order valence-electron chi connectivity index (χ2n) is 11.4. The number of allylic oxidation sites excluding steroid dienone is 2. The molecule has 4 nitrogen and oxygen atoms in total. The third-order valence-corrected chi connectivity index (χ3v) is 8.29. The molecule has 8 bridgehead atoms. The molecule has 5 heteroatoms. The molecule has 226 valence electrons. The van der Waals surface area contributed by atoms with E-state index in [1.807, 2.05) is 12.2 Å². The Labute approximate surface area is 267 Å². The first kappa shape index (κ1) is 32.5. The molecule has 0 atom stereocenters. The van der Waals surface area contributed by atoms with Gasteiger partial charge >= 0.3 is 16.5 Å². The molecule has 0 N–H and O–H groups in total. The third kappa shape index (κ3) is 7.57. The van der Waals surface area contributed by atoms with Crippen molar-refractivity contribution in [1.82, 2.24) is 19.9 Å². The Morgan fingerprint density at radius 1 is 0.535 bits per heavy atom. The first-order chi connectivity index (χ1) is 20.7. The average Bonchev–Trinajstić information content (AvgIpc) is 3.82. The van der Waals surface area contributed by atoms with E-state index >= 15 is 0 Å². The number of rotatable bonds is 14. The Hall–Kier alpha value is -3.43. The average molecular weight is 615 g/mol. The SMILES string of the molecule is C=CCc1c2nc(c(CCCCCC)c3ccc([n-]3)c(CC=C)c3ccc([n-]3)c(CCCCCC)c3nc1C=C3)C=C2.[Ni+2]. The number of unbranched alkanes of at least 4 members (excludes halogenated alkanes) is 6. The maximum Gasteiger partial charge on any atom is 2.00 e. The number of aromatic nitrogens is 4. The van der Waals surface area contributed by atoms with E-state index < -0.39 is 0 Å². The zero-order chi connectivity index (χ0) is 29.3. The zero-order valence-corrected chi connectivity index (χ0v) is 26.8. The van der Waals surface area contributed by atoms with Crippen LogP contribution in [-0.4, -0.2) is 9.97 Å². The molecule has 3 aromatic heterocycles. The predicted molar refractivity (Wildman–Crippen MR) is 180 cm³/mol. The minimum atomic E-state index is 0. The van der Waals surface area contributed by atoms with Crippen LogP contribution < -0.4 is 9.97 Å². The Bertz CT molecular complexity index is 1540. The van der Waals surface area contributed by atoms with Crippen LogP contribution in [0.1, 0.15) is 110 Å². The molecule has 0 radical (unpaired) electrons. The fourth-order valence-corrected chi connectivity index (χ4v) is 5.99. The monoisotopic (exact) mass is 614 g/mol. The maximum atomic E-state index is 5.20. The van der Waals surface area contributed by atoms with Gasteiger partial charge in [-0.25, -0.2) is 9.97 Å². The summed E-state index contributed by atoms with van der Waals surface area (Å²) in [6.45, 7) is 12.6. The third-order valence-electron chi connectivity index (χ3n) is 8.29. The molecule has 3 aromatic rings. The van der Waals surface area contributed by atoms with Crippen molar-refractivity contribution < 1.29 is 16.5 Å². The van der Waals surface area contributed by atoms with Gasteiger partial charge in [0.05, 0.1) is 22.8 Å². The van der Waals surface area contributed by atoms with Crippen molar-refractivity contribution in [2.75, 3.05) is 0 Å². The molecule has 0 saturated carbocycles. The molecule has 0 saturated heterocycles. The number of aryl methyl sites for hydroxylation is 2. The molecule has 5 rings (SSSR count). The van der Waals surface area contributed by atoms with Crippen LogP contribution in [0, 0.1) is 0 Å². The molecule has 0 fully saturated rings. The van der Waals surface area contributed by atoms with Crippen LogP contribution >= 0.6 is 0 Å². The molecule has 0 spiro atoms. The summed E-state index contributed by atoms with van der Waals surface area (Å²) in [6, 6.07) is 8.61. The van der Waals surface area contributed by atoms with Gasteiger partial charge in [-0.05, 0) is 74.0 Å². The van der Waals surface area contributed by atoms with Crippen LogP contribution in [-0.2, 0) is 42.2 Å². The normalized spacial score (nSPS) is 12.0. The van der Waals surface area contributed by atoms with Gasteiger partial charge in [-0.2, -0.15) is 0 Å². The molecule has 0 aromatic carbocycles. The van der Waals surface area contributed by atoms with Gasteiger partial charge in [-0.3, -0.25) is 0 Å². The van der Waals surface area contributed by atoms with Gasteiger partial charge in [0.25, 0.3) is 0 Å². The van der Waals surface area contributed by atoms with Crippen LogP contribution in [0.3, 0.4) is 0 Å². The largest absolute Gasteiger partial charge is 2.00 e. The molecule has 0 aliphatic carbocycles. The van der Waals surface area contributed by atoms with E-state index in [2.05, 4.69) is 75.6 Å². The molecule has 2 aliphatic heterocycles. The summed E-state index contributed by atoms with van der Waals surface area (Å²) < 4.78 is 0. The second kappa shape index (κ2) is 15.9. The van der Waals surface area contributed by atoms with Gasteiger partial charge < -0.3 is 9.97 Å². The summed E-state index contributed by atoms with van der Waals surface area (Å²) in [6.07, 6.45) is 25.4. The minimum Gasteiger partial charge on any atom is -0.657 e. The summed E-state index contributed by atoms with van der Waals surface area (Å²) in [5.74, 6) is 0. The van der Waals surface area contributed by atoms with E-state index in [9.17, 15) is 0 Å². The second-order valence-corrected chi connectivity index (χ2v) is 11.4. The van der Waals surface area contributed by atoms with Gasteiger partial charge in [0.15, 0.2) is 0 Å². The maximum absolute atomic E-state index is 5.20. The van der Waals surface area contributed by atoms with Gasteiger partial charge in [0, 0.05) is 5.56 Å². The zero-order valence-electron chi connectivity index (χ0n) is 25.8. The van der Waals surface area contributed by atoms with Crippen LogP contribution in [0.2, 0.25) is 0 Å². The van der Waals surface area contributed by atoms with Crippen LogP contribution in [0.15, 0.2) is 49.6 Å². The number of nitrogens with zero attached hydrogens (tertiary/aromatic N) is 4. The van der Waals surface area contributed by atoms with Crippen molar-refractivity contribution in [3.05, 3.63) is 94.6 Å². The first-order valence-electron chi connectivity index (χ1n) is 15.9. The molecule has 2 aliphatic rings. The summed E-state index contributed by atoms with van der Waals surface area (Å²) in [7, 11) is 0. The van der Waals surface area contributed by atoms with E-state index in [4.69, 9.17) is 19.9 Å². The van der Waals surface area contributed by atoms with E-state index in [1.165, 1.54) is 49.7 Å². The van der Waals surface area contributed by atoms with Gasteiger partial charge in [0.1, 0.15) is 0 Å². The molecule has 0 amide bonds. The summed E-state index contributed by atoms with van der Waals surface area (Å²) >= 11 is 0. The fourth-order valence-electron chi connectivity index (χ4n) is 5.99. The Morgan fingerprint density at radius 3 is 1.30 bits per heavy atom. The predicted octanol–water partition coefficient (Wildman–Crippen LogP) is 9.61. The fraction of sp³-hybridized carbons (Fsp3) is 0.368. The van der Waals surface area contributed by atoms with Crippen molar-refractivity contribution in [3.8, 4) is 0 Å². The molecular formula is C38H44N4Ni.